The first-order valence-electron chi connectivity index (χ1n) is 9.70. The van der Waals surface area contributed by atoms with Crippen molar-refractivity contribution in [2.45, 2.75) is 46.6 Å². The lowest BCUT2D eigenvalue weighted by Crippen LogP contribution is -2.51. The molecule has 1 aromatic rings. The van der Waals surface area contributed by atoms with Crippen LogP contribution in [0.5, 0.6) is 5.75 Å². The fourth-order valence-corrected chi connectivity index (χ4v) is 3.24. The number of ether oxygens (including phenoxy) is 2. The molecular weight excluding hydrogens is 328 g/mol. The van der Waals surface area contributed by atoms with E-state index in [-0.39, 0.29) is 12.5 Å². The SMILES string of the molecule is Cc1ccc(C(C)C)cc1OCC(=O)NCC(C(C)C)N1CCOCC1. The second-order valence-electron chi connectivity index (χ2n) is 7.73. The van der Waals surface area contributed by atoms with Crippen LogP contribution in [0, 0.1) is 12.8 Å². The van der Waals surface area contributed by atoms with Crippen molar-refractivity contribution >= 4 is 5.91 Å². The summed E-state index contributed by atoms with van der Waals surface area (Å²) in [6, 6.07) is 6.53. The second-order valence-corrected chi connectivity index (χ2v) is 7.73. The van der Waals surface area contributed by atoms with Crippen molar-refractivity contribution in [1.29, 1.82) is 0 Å². The van der Waals surface area contributed by atoms with Gasteiger partial charge in [0.05, 0.1) is 13.2 Å². The number of rotatable bonds is 8. The molecule has 0 spiro atoms. The lowest BCUT2D eigenvalue weighted by molar-refractivity contribution is -0.123. The molecule has 1 saturated heterocycles. The first kappa shape index (κ1) is 20.7. The Bertz CT molecular complexity index is 581. The maximum absolute atomic E-state index is 12.3. The molecule has 0 bridgehead atoms. The van der Waals surface area contributed by atoms with E-state index in [9.17, 15) is 4.79 Å². The molecular formula is C21H34N2O3. The van der Waals surface area contributed by atoms with Gasteiger partial charge in [-0.15, -0.1) is 0 Å². The third-order valence-corrected chi connectivity index (χ3v) is 5.03. The van der Waals surface area contributed by atoms with Gasteiger partial charge in [-0.2, -0.15) is 0 Å². The van der Waals surface area contributed by atoms with Crippen LogP contribution in [0.1, 0.15) is 44.7 Å². The standard InChI is InChI=1S/C21H34N2O3/c1-15(2)18-7-6-17(5)20(12-18)26-14-21(24)22-13-19(16(3)4)23-8-10-25-11-9-23/h6-7,12,15-16,19H,8-11,13-14H2,1-5H3,(H,22,24). The van der Waals surface area contributed by atoms with Crippen molar-refractivity contribution in [2.75, 3.05) is 39.5 Å². The molecule has 5 nitrogen and oxygen atoms in total. The number of aryl methyl sites for hydroxylation is 1. The number of nitrogens with one attached hydrogen (secondary N) is 1. The Labute approximate surface area is 158 Å². The molecule has 0 radical (unpaired) electrons. The van der Waals surface area contributed by atoms with Crippen molar-refractivity contribution < 1.29 is 14.3 Å². The quantitative estimate of drug-likeness (QED) is 0.772. The summed E-state index contributed by atoms with van der Waals surface area (Å²) in [6.07, 6.45) is 0. The van der Waals surface area contributed by atoms with E-state index in [1.165, 1.54) is 5.56 Å². The van der Waals surface area contributed by atoms with Gasteiger partial charge in [0.25, 0.3) is 5.91 Å². The number of carbonyl (C=O) groups excluding carboxylic acids is 1. The monoisotopic (exact) mass is 362 g/mol. The zero-order valence-electron chi connectivity index (χ0n) is 16.9. The average molecular weight is 363 g/mol. The van der Waals surface area contributed by atoms with E-state index in [2.05, 4.69) is 50.0 Å². The molecule has 1 atom stereocenters. The molecule has 26 heavy (non-hydrogen) atoms. The summed E-state index contributed by atoms with van der Waals surface area (Å²) >= 11 is 0. The Balaban J connectivity index is 1.85. The van der Waals surface area contributed by atoms with Crippen LogP contribution < -0.4 is 10.1 Å². The number of nitrogens with zero attached hydrogens (tertiary/aromatic N) is 1. The highest BCUT2D eigenvalue weighted by molar-refractivity contribution is 5.77. The lowest BCUT2D eigenvalue weighted by Gasteiger charge is -2.36. The van der Waals surface area contributed by atoms with Gasteiger partial charge in [0.2, 0.25) is 0 Å². The van der Waals surface area contributed by atoms with Crippen LogP contribution in [0.2, 0.25) is 0 Å². The number of hydrogen-bond acceptors (Lipinski definition) is 4. The van der Waals surface area contributed by atoms with Gasteiger partial charge in [-0.25, -0.2) is 0 Å². The van der Waals surface area contributed by atoms with Crippen LogP contribution in [0.15, 0.2) is 18.2 Å². The fourth-order valence-electron chi connectivity index (χ4n) is 3.24. The van der Waals surface area contributed by atoms with Crippen molar-refractivity contribution in [3.05, 3.63) is 29.3 Å². The number of morpholine rings is 1. The summed E-state index contributed by atoms with van der Waals surface area (Å²) < 4.78 is 11.2. The van der Waals surface area contributed by atoms with Gasteiger partial charge < -0.3 is 14.8 Å². The zero-order valence-corrected chi connectivity index (χ0v) is 16.9. The highest BCUT2D eigenvalue weighted by Gasteiger charge is 2.24. The minimum Gasteiger partial charge on any atom is -0.483 e. The minimum absolute atomic E-state index is 0.0519. The predicted octanol–water partition coefficient (Wildman–Crippen LogP) is 2.97. The molecule has 1 heterocycles. The molecule has 146 valence electrons. The first-order chi connectivity index (χ1) is 12.4. The number of hydrogen-bond donors (Lipinski definition) is 1. The molecule has 5 heteroatoms. The van der Waals surface area contributed by atoms with Crippen molar-refractivity contribution in [3.63, 3.8) is 0 Å². The van der Waals surface area contributed by atoms with E-state index in [0.29, 0.717) is 24.4 Å². The van der Waals surface area contributed by atoms with Gasteiger partial charge >= 0.3 is 0 Å². The van der Waals surface area contributed by atoms with Crippen LogP contribution in [0.3, 0.4) is 0 Å². The Kier molecular flexibility index (Phi) is 7.91. The highest BCUT2D eigenvalue weighted by Crippen LogP contribution is 2.24. The van der Waals surface area contributed by atoms with Gasteiger partial charge in [0.15, 0.2) is 6.61 Å². The maximum Gasteiger partial charge on any atom is 0.257 e. The lowest BCUT2D eigenvalue weighted by atomic mass is 10.0. The van der Waals surface area contributed by atoms with Crippen molar-refractivity contribution in [2.24, 2.45) is 5.92 Å². The Morgan fingerprint density at radius 3 is 2.54 bits per heavy atom. The number of amides is 1. The number of carbonyl (C=O) groups is 1. The zero-order chi connectivity index (χ0) is 19.1. The van der Waals surface area contributed by atoms with E-state index in [4.69, 9.17) is 9.47 Å². The van der Waals surface area contributed by atoms with Crippen LogP contribution >= 0.6 is 0 Å². The summed E-state index contributed by atoms with van der Waals surface area (Å²) in [5.41, 5.74) is 2.27. The summed E-state index contributed by atoms with van der Waals surface area (Å²) in [5, 5.41) is 3.04. The van der Waals surface area contributed by atoms with E-state index in [0.717, 1.165) is 37.6 Å². The molecule has 1 fully saturated rings. The molecule has 0 saturated carbocycles. The predicted molar refractivity (Wildman–Crippen MR) is 105 cm³/mol. The molecule has 1 aromatic carbocycles. The van der Waals surface area contributed by atoms with Crippen LogP contribution in [0.4, 0.5) is 0 Å². The molecule has 1 N–H and O–H groups in total. The van der Waals surface area contributed by atoms with Crippen LogP contribution in [0.25, 0.3) is 0 Å². The maximum atomic E-state index is 12.3. The Morgan fingerprint density at radius 1 is 1.23 bits per heavy atom. The summed E-state index contributed by atoms with van der Waals surface area (Å²) in [7, 11) is 0. The molecule has 1 amide bonds. The van der Waals surface area contributed by atoms with Crippen molar-refractivity contribution in [3.8, 4) is 5.75 Å². The third-order valence-electron chi connectivity index (χ3n) is 5.03. The Morgan fingerprint density at radius 2 is 1.92 bits per heavy atom. The molecule has 1 unspecified atom stereocenters. The van der Waals surface area contributed by atoms with Gasteiger partial charge in [-0.3, -0.25) is 9.69 Å². The Hall–Kier alpha value is -1.59. The van der Waals surface area contributed by atoms with Crippen LogP contribution in [-0.2, 0) is 9.53 Å². The topological polar surface area (TPSA) is 50.8 Å². The van der Waals surface area contributed by atoms with E-state index in [1.807, 2.05) is 13.0 Å². The van der Waals surface area contributed by atoms with Crippen molar-refractivity contribution in [1.82, 2.24) is 10.2 Å². The van der Waals surface area contributed by atoms with E-state index >= 15 is 0 Å². The second kappa shape index (κ2) is 9.93. The molecule has 1 aliphatic heterocycles. The minimum atomic E-state index is -0.0711. The fraction of sp³-hybridized carbons (Fsp3) is 0.667. The first-order valence-corrected chi connectivity index (χ1v) is 9.70. The van der Waals surface area contributed by atoms with Gasteiger partial charge in [-0.05, 0) is 36.0 Å². The summed E-state index contributed by atoms with van der Waals surface area (Å²) in [4.78, 5) is 14.7. The van der Waals surface area contributed by atoms with E-state index < -0.39 is 0 Å². The van der Waals surface area contributed by atoms with Gasteiger partial charge in [0, 0.05) is 25.7 Å². The number of benzene rings is 1. The largest absolute Gasteiger partial charge is 0.483 e. The smallest absolute Gasteiger partial charge is 0.257 e. The summed E-state index contributed by atoms with van der Waals surface area (Å²) in [6.45, 7) is 14.8. The molecule has 0 aliphatic carbocycles. The molecule has 1 aliphatic rings. The molecule has 2 rings (SSSR count). The third kappa shape index (κ3) is 5.99. The highest BCUT2D eigenvalue weighted by atomic mass is 16.5. The normalized spacial score (nSPS) is 16.7. The average Bonchev–Trinajstić information content (AvgIpc) is 2.61. The molecule has 0 aromatic heterocycles. The van der Waals surface area contributed by atoms with E-state index in [1.54, 1.807) is 0 Å². The summed E-state index contributed by atoms with van der Waals surface area (Å²) in [5.74, 6) is 1.63. The van der Waals surface area contributed by atoms with Crippen LogP contribution in [-0.4, -0.2) is 56.3 Å². The van der Waals surface area contributed by atoms with Gasteiger partial charge in [-0.1, -0.05) is 39.8 Å². The van der Waals surface area contributed by atoms with Gasteiger partial charge in [0.1, 0.15) is 5.75 Å².